The zero-order valence-corrected chi connectivity index (χ0v) is 9.49. The lowest BCUT2D eigenvalue weighted by molar-refractivity contribution is 0.0695. The number of aromatic nitrogens is 1. The quantitative estimate of drug-likeness (QED) is 0.632. The van der Waals surface area contributed by atoms with E-state index in [0.29, 0.717) is 0 Å². The number of carboxylic acid groups (broad SMARTS) is 1. The minimum Gasteiger partial charge on any atom is -0.478 e. The third-order valence-electron chi connectivity index (χ3n) is 1.42. The van der Waals surface area contributed by atoms with Crippen molar-refractivity contribution in [3.8, 4) is 0 Å². The third-order valence-corrected chi connectivity index (χ3v) is 2.32. The molecule has 14 heavy (non-hydrogen) atoms. The molecule has 0 spiro atoms. The van der Waals surface area contributed by atoms with Crippen molar-refractivity contribution < 1.29 is 9.90 Å². The molecule has 1 heterocycles. The molecule has 0 radical (unpaired) electrons. The summed E-state index contributed by atoms with van der Waals surface area (Å²) in [6, 6.07) is 1.29. The van der Waals surface area contributed by atoms with E-state index in [-0.39, 0.29) is 16.3 Å². The third kappa shape index (κ3) is 2.42. The summed E-state index contributed by atoms with van der Waals surface area (Å²) < 4.78 is -1.83. The van der Waals surface area contributed by atoms with E-state index < -0.39 is 9.76 Å². The van der Waals surface area contributed by atoms with Crippen molar-refractivity contribution in [1.29, 1.82) is 0 Å². The van der Waals surface area contributed by atoms with Crippen molar-refractivity contribution in [2.24, 2.45) is 0 Å². The molecule has 0 amide bonds. The Morgan fingerprint density at radius 3 is 2.36 bits per heavy atom. The van der Waals surface area contributed by atoms with Gasteiger partial charge in [0.05, 0.1) is 0 Å². The lowest BCUT2D eigenvalue weighted by Gasteiger charge is -2.14. The molecule has 0 aliphatic carbocycles. The van der Waals surface area contributed by atoms with Gasteiger partial charge in [0.25, 0.3) is 0 Å². The number of rotatable bonds is 1. The molecule has 1 aromatic rings. The Kier molecular flexibility index (Phi) is 3.48. The standard InChI is InChI=1S/C7H3Cl4NO2/c8-5-4(6(13)14)3(1-2-12-5)7(9,10)11/h1-2H,(H,13,14). The summed E-state index contributed by atoms with van der Waals surface area (Å²) in [6.07, 6.45) is 1.27. The minimum atomic E-state index is -1.83. The van der Waals surface area contributed by atoms with E-state index in [4.69, 9.17) is 51.5 Å². The Balaban J connectivity index is 3.44. The number of nitrogens with zero attached hydrogens (tertiary/aromatic N) is 1. The largest absolute Gasteiger partial charge is 0.478 e. The summed E-state index contributed by atoms with van der Waals surface area (Å²) in [5, 5.41) is 8.60. The molecule has 0 aromatic carbocycles. The zero-order valence-electron chi connectivity index (χ0n) is 6.47. The van der Waals surface area contributed by atoms with E-state index in [1.165, 1.54) is 12.3 Å². The van der Waals surface area contributed by atoms with Gasteiger partial charge in [-0.3, -0.25) is 0 Å². The average Bonchev–Trinajstić information content (AvgIpc) is 2.01. The van der Waals surface area contributed by atoms with E-state index in [2.05, 4.69) is 4.98 Å². The van der Waals surface area contributed by atoms with Gasteiger partial charge in [-0.2, -0.15) is 0 Å². The van der Waals surface area contributed by atoms with Crippen molar-refractivity contribution in [3.63, 3.8) is 0 Å². The Bertz CT molecular complexity index is 374. The van der Waals surface area contributed by atoms with Crippen molar-refractivity contribution in [2.75, 3.05) is 0 Å². The fraction of sp³-hybridized carbons (Fsp3) is 0.143. The van der Waals surface area contributed by atoms with Gasteiger partial charge in [0.2, 0.25) is 3.79 Å². The molecule has 0 unspecified atom stereocenters. The maximum absolute atomic E-state index is 10.8. The van der Waals surface area contributed by atoms with Crippen LogP contribution in [0.3, 0.4) is 0 Å². The molecular formula is C7H3Cl4NO2. The smallest absolute Gasteiger partial charge is 0.339 e. The van der Waals surface area contributed by atoms with Gasteiger partial charge in [-0.15, -0.1) is 0 Å². The average molecular weight is 275 g/mol. The second-order valence-corrected chi connectivity index (χ2v) is 4.97. The number of alkyl halides is 3. The van der Waals surface area contributed by atoms with Crippen LogP contribution in [-0.2, 0) is 3.79 Å². The fourth-order valence-corrected chi connectivity index (χ4v) is 1.59. The summed E-state index contributed by atoms with van der Waals surface area (Å²) in [4.78, 5) is 14.4. The van der Waals surface area contributed by atoms with Crippen LogP contribution in [0.15, 0.2) is 12.3 Å². The highest BCUT2D eigenvalue weighted by molar-refractivity contribution is 6.67. The number of halogens is 4. The lowest BCUT2D eigenvalue weighted by Crippen LogP contribution is -2.11. The first kappa shape index (κ1) is 11.9. The van der Waals surface area contributed by atoms with Crippen LogP contribution in [0, 0.1) is 0 Å². The number of carboxylic acids is 1. The van der Waals surface area contributed by atoms with Crippen LogP contribution in [0.5, 0.6) is 0 Å². The molecule has 1 aromatic heterocycles. The molecule has 3 nitrogen and oxygen atoms in total. The Labute approximate surface area is 99.5 Å². The Hall–Kier alpha value is -0.220. The van der Waals surface area contributed by atoms with Crippen molar-refractivity contribution >= 4 is 52.4 Å². The normalized spacial score (nSPS) is 11.4. The van der Waals surface area contributed by atoms with Gasteiger partial charge in [0.1, 0.15) is 10.7 Å². The van der Waals surface area contributed by atoms with Crippen LogP contribution >= 0.6 is 46.4 Å². The molecule has 1 rings (SSSR count). The summed E-state index contributed by atoms with van der Waals surface area (Å²) in [7, 11) is 0. The highest BCUT2D eigenvalue weighted by atomic mass is 35.6. The summed E-state index contributed by atoms with van der Waals surface area (Å²) in [5.41, 5.74) is -0.302. The van der Waals surface area contributed by atoms with Gasteiger partial charge < -0.3 is 5.11 Å². The lowest BCUT2D eigenvalue weighted by atomic mass is 10.1. The molecule has 7 heteroatoms. The second kappa shape index (κ2) is 4.11. The Morgan fingerprint density at radius 1 is 1.43 bits per heavy atom. The van der Waals surface area contributed by atoms with Crippen LogP contribution in [0.2, 0.25) is 5.15 Å². The maximum atomic E-state index is 10.8. The number of carbonyl (C=O) groups is 1. The van der Waals surface area contributed by atoms with Crippen molar-refractivity contribution in [3.05, 3.63) is 28.5 Å². The Morgan fingerprint density at radius 2 is 2.00 bits per heavy atom. The highest BCUT2D eigenvalue weighted by Gasteiger charge is 2.30. The van der Waals surface area contributed by atoms with Crippen LogP contribution in [0.4, 0.5) is 0 Å². The van der Waals surface area contributed by atoms with E-state index in [0.717, 1.165) is 0 Å². The van der Waals surface area contributed by atoms with Gasteiger partial charge in [0, 0.05) is 11.8 Å². The highest BCUT2D eigenvalue weighted by Crippen LogP contribution is 2.41. The van der Waals surface area contributed by atoms with Gasteiger partial charge in [-0.05, 0) is 6.07 Å². The second-order valence-electron chi connectivity index (χ2n) is 2.33. The van der Waals surface area contributed by atoms with Crippen LogP contribution < -0.4 is 0 Å². The zero-order chi connectivity index (χ0) is 10.9. The van der Waals surface area contributed by atoms with E-state index in [1.54, 1.807) is 0 Å². The maximum Gasteiger partial charge on any atom is 0.339 e. The van der Waals surface area contributed by atoms with Crippen LogP contribution in [0.1, 0.15) is 15.9 Å². The SMILES string of the molecule is O=C(O)c1c(C(Cl)(Cl)Cl)ccnc1Cl. The molecule has 76 valence electrons. The molecule has 0 saturated carbocycles. The first-order chi connectivity index (χ1) is 6.34. The molecular weight excluding hydrogens is 272 g/mol. The predicted octanol–water partition coefficient (Wildman–Crippen LogP) is 3.26. The number of aromatic carboxylic acids is 1. The molecule has 0 bridgehead atoms. The molecule has 1 N–H and O–H groups in total. The molecule has 0 saturated heterocycles. The number of hydrogen-bond acceptors (Lipinski definition) is 2. The minimum absolute atomic E-state index is 0.00463. The first-order valence-corrected chi connectivity index (χ1v) is 4.80. The molecule has 0 atom stereocenters. The van der Waals surface area contributed by atoms with Gasteiger partial charge in [0.15, 0.2) is 0 Å². The topological polar surface area (TPSA) is 50.2 Å². The molecule has 0 aliphatic heterocycles. The number of hydrogen-bond donors (Lipinski definition) is 1. The molecule has 0 fully saturated rings. The predicted molar refractivity (Wildman–Crippen MR) is 55.4 cm³/mol. The van der Waals surface area contributed by atoms with Crippen LogP contribution in [0.25, 0.3) is 0 Å². The van der Waals surface area contributed by atoms with Crippen LogP contribution in [-0.4, -0.2) is 16.1 Å². The van der Waals surface area contributed by atoms with E-state index in [1.807, 2.05) is 0 Å². The fourth-order valence-electron chi connectivity index (χ4n) is 0.876. The van der Waals surface area contributed by atoms with E-state index >= 15 is 0 Å². The van der Waals surface area contributed by atoms with Gasteiger partial charge in [-0.1, -0.05) is 46.4 Å². The summed E-state index contributed by atoms with van der Waals surface area (Å²) >= 11 is 22.2. The monoisotopic (exact) mass is 273 g/mol. The summed E-state index contributed by atoms with van der Waals surface area (Å²) in [5.74, 6) is -1.29. The van der Waals surface area contributed by atoms with Gasteiger partial charge in [-0.25, -0.2) is 9.78 Å². The van der Waals surface area contributed by atoms with E-state index in [9.17, 15) is 4.79 Å². The molecule has 0 aliphatic rings. The number of pyridine rings is 1. The van der Waals surface area contributed by atoms with Crippen molar-refractivity contribution in [1.82, 2.24) is 4.98 Å². The van der Waals surface area contributed by atoms with Crippen molar-refractivity contribution in [2.45, 2.75) is 3.79 Å². The van der Waals surface area contributed by atoms with Gasteiger partial charge >= 0.3 is 5.97 Å². The summed E-state index contributed by atoms with van der Waals surface area (Å²) in [6.45, 7) is 0. The first-order valence-electron chi connectivity index (χ1n) is 3.29.